The lowest BCUT2D eigenvalue weighted by Gasteiger charge is -2.18. The van der Waals surface area contributed by atoms with Gasteiger partial charge in [-0.05, 0) is 42.5 Å². The van der Waals surface area contributed by atoms with Crippen LogP contribution >= 0.6 is 0 Å². The third-order valence-electron chi connectivity index (χ3n) is 4.21. The highest BCUT2D eigenvalue weighted by Gasteiger charge is 2.17. The first kappa shape index (κ1) is 15.9. The molecule has 128 valence electrons. The fourth-order valence-electron chi connectivity index (χ4n) is 2.81. The van der Waals surface area contributed by atoms with Gasteiger partial charge in [-0.15, -0.1) is 0 Å². The largest absolute Gasteiger partial charge is 0.457 e. The predicted molar refractivity (Wildman–Crippen MR) is 102 cm³/mol. The molecule has 1 amide bonds. The van der Waals surface area contributed by atoms with Gasteiger partial charge in [-0.3, -0.25) is 9.89 Å². The fourth-order valence-corrected chi connectivity index (χ4v) is 2.81. The lowest BCUT2D eigenvalue weighted by atomic mass is 10.1. The Morgan fingerprint density at radius 1 is 0.923 bits per heavy atom. The molecule has 26 heavy (non-hydrogen) atoms. The number of aromatic amines is 1. The highest BCUT2D eigenvalue weighted by molar-refractivity contribution is 6.12. The minimum Gasteiger partial charge on any atom is -0.457 e. The molecule has 1 aromatic heterocycles. The van der Waals surface area contributed by atoms with Crippen molar-refractivity contribution < 1.29 is 9.53 Å². The second kappa shape index (κ2) is 6.72. The monoisotopic (exact) mass is 343 g/mol. The van der Waals surface area contributed by atoms with Crippen LogP contribution in [0.3, 0.4) is 0 Å². The molecule has 5 nitrogen and oxygen atoms in total. The molecule has 0 fully saturated rings. The number of benzene rings is 3. The number of fused-ring (bicyclic) bond motifs is 1. The molecule has 0 radical (unpaired) electrons. The van der Waals surface area contributed by atoms with Crippen molar-refractivity contribution in [3.8, 4) is 11.5 Å². The van der Waals surface area contributed by atoms with Crippen LogP contribution in [-0.2, 0) is 0 Å². The van der Waals surface area contributed by atoms with Crippen LogP contribution in [0.1, 0.15) is 10.4 Å². The van der Waals surface area contributed by atoms with Crippen LogP contribution in [0, 0.1) is 0 Å². The number of amides is 1. The van der Waals surface area contributed by atoms with Crippen LogP contribution in [0.5, 0.6) is 11.5 Å². The van der Waals surface area contributed by atoms with Gasteiger partial charge in [0.25, 0.3) is 5.91 Å². The number of nitrogens with zero attached hydrogens (tertiary/aromatic N) is 2. The average molecular weight is 343 g/mol. The van der Waals surface area contributed by atoms with E-state index in [-0.39, 0.29) is 5.91 Å². The molecule has 3 aromatic carbocycles. The van der Waals surface area contributed by atoms with Gasteiger partial charge >= 0.3 is 0 Å². The molecule has 1 heterocycles. The molecule has 0 saturated carbocycles. The van der Waals surface area contributed by atoms with Crippen LogP contribution in [-0.4, -0.2) is 23.2 Å². The first-order valence-electron chi connectivity index (χ1n) is 8.25. The van der Waals surface area contributed by atoms with E-state index in [0.29, 0.717) is 5.56 Å². The molecule has 4 rings (SSSR count). The molecule has 0 aliphatic carbocycles. The van der Waals surface area contributed by atoms with Crippen molar-refractivity contribution in [1.29, 1.82) is 0 Å². The zero-order chi connectivity index (χ0) is 17.9. The molecular formula is C21H17N3O2. The maximum atomic E-state index is 12.9. The zero-order valence-electron chi connectivity index (χ0n) is 14.2. The summed E-state index contributed by atoms with van der Waals surface area (Å²) in [5.41, 5.74) is 2.12. The third-order valence-corrected chi connectivity index (χ3v) is 4.21. The molecular weight excluding hydrogens is 326 g/mol. The third kappa shape index (κ3) is 3.02. The first-order valence-corrected chi connectivity index (χ1v) is 8.25. The maximum Gasteiger partial charge on any atom is 0.260 e. The standard InChI is InChI=1S/C21H17N3O2/c1-24(21(25)19-9-5-6-15-14-22-23-20(15)19)16-10-12-18(13-11-16)26-17-7-3-2-4-8-17/h2-14H,1H3,(H,22,23). The number of rotatable bonds is 4. The van der Waals surface area contributed by atoms with Gasteiger partial charge in [0.15, 0.2) is 0 Å². The Kier molecular flexibility index (Phi) is 4.11. The molecule has 0 unspecified atom stereocenters. The first-order chi connectivity index (χ1) is 12.7. The van der Waals surface area contributed by atoms with E-state index in [9.17, 15) is 4.79 Å². The summed E-state index contributed by atoms with van der Waals surface area (Å²) in [6.07, 6.45) is 1.71. The lowest BCUT2D eigenvalue weighted by Crippen LogP contribution is -2.26. The second-order valence-corrected chi connectivity index (χ2v) is 5.91. The van der Waals surface area contributed by atoms with Gasteiger partial charge in [0.1, 0.15) is 11.5 Å². The highest BCUT2D eigenvalue weighted by Crippen LogP contribution is 2.25. The maximum absolute atomic E-state index is 12.9. The zero-order valence-corrected chi connectivity index (χ0v) is 14.2. The molecule has 0 bridgehead atoms. The Hall–Kier alpha value is -3.60. The minimum atomic E-state index is -0.100. The minimum absolute atomic E-state index is 0.100. The summed E-state index contributed by atoms with van der Waals surface area (Å²) in [6.45, 7) is 0. The number of H-pyrrole nitrogens is 1. The van der Waals surface area contributed by atoms with Crippen molar-refractivity contribution in [2.24, 2.45) is 0 Å². The van der Waals surface area contributed by atoms with Crippen molar-refractivity contribution in [3.05, 3.63) is 84.6 Å². The summed E-state index contributed by atoms with van der Waals surface area (Å²) in [6, 6.07) is 22.6. The van der Waals surface area contributed by atoms with Crippen molar-refractivity contribution in [1.82, 2.24) is 10.2 Å². The summed E-state index contributed by atoms with van der Waals surface area (Å²) in [7, 11) is 1.75. The fraction of sp³-hybridized carbons (Fsp3) is 0.0476. The van der Waals surface area contributed by atoms with Gasteiger partial charge in [0, 0.05) is 18.1 Å². The number of para-hydroxylation sites is 2. The molecule has 0 aliphatic heterocycles. The van der Waals surface area contributed by atoms with Crippen molar-refractivity contribution in [2.75, 3.05) is 11.9 Å². The average Bonchev–Trinajstić information content (AvgIpc) is 3.17. The van der Waals surface area contributed by atoms with E-state index in [1.165, 1.54) is 0 Å². The Morgan fingerprint density at radius 2 is 1.65 bits per heavy atom. The number of carbonyl (C=O) groups excluding carboxylic acids is 1. The van der Waals surface area contributed by atoms with Gasteiger partial charge in [-0.2, -0.15) is 5.10 Å². The van der Waals surface area contributed by atoms with Crippen LogP contribution in [0.25, 0.3) is 10.9 Å². The molecule has 0 saturated heterocycles. The Balaban J connectivity index is 1.55. The van der Waals surface area contributed by atoms with E-state index < -0.39 is 0 Å². The van der Waals surface area contributed by atoms with Gasteiger partial charge in [0.05, 0.1) is 17.3 Å². The lowest BCUT2D eigenvalue weighted by molar-refractivity contribution is 0.0994. The van der Waals surface area contributed by atoms with E-state index in [1.54, 1.807) is 24.2 Å². The van der Waals surface area contributed by atoms with Crippen LogP contribution in [0.2, 0.25) is 0 Å². The number of hydrogen-bond donors (Lipinski definition) is 1. The quantitative estimate of drug-likeness (QED) is 0.588. The van der Waals surface area contributed by atoms with E-state index >= 15 is 0 Å². The van der Waals surface area contributed by atoms with Crippen LogP contribution in [0.15, 0.2) is 79.0 Å². The van der Waals surface area contributed by atoms with Gasteiger partial charge in [-0.25, -0.2) is 0 Å². The number of ether oxygens (including phenoxy) is 1. The highest BCUT2D eigenvalue weighted by atomic mass is 16.5. The summed E-state index contributed by atoms with van der Waals surface area (Å²) in [5.74, 6) is 1.39. The topological polar surface area (TPSA) is 58.2 Å². The summed E-state index contributed by atoms with van der Waals surface area (Å²) >= 11 is 0. The number of nitrogens with one attached hydrogen (secondary N) is 1. The van der Waals surface area contributed by atoms with Gasteiger partial charge in [0.2, 0.25) is 0 Å². The molecule has 0 atom stereocenters. The van der Waals surface area contributed by atoms with E-state index in [4.69, 9.17) is 4.74 Å². The number of hydrogen-bond acceptors (Lipinski definition) is 3. The van der Waals surface area contributed by atoms with Crippen molar-refractivity contribution in [2.45, 2.75) is 0 Å². The summed E-state index contributed by atoms with van der Waals surface area (Å²) < 4.78 is 5.79. The summed E-state index contributed by atoms with van der Waals surface area (Å²) in [5, 5.41) is 7.82. The van der Waals surface area contributed by atoms with Crippen molar-refractivity contribution in [3.63, 3.8) is 0 Å². The number of anilines is 1. The molecule has 0 spiro atoms. The number of aromatic nitrogens is 2. The predicted octanol–water partition coefficient (Wildman–Crippen LogP) is 4.63. The Labute approximate surface area is 150 Å². The van der Waals surface area contributed by atoms with E-state index in [0.717, 1.165) is 28.1 Å². The van der Waals surface area contributed by atoms with Crippen LogP contribution in [0.4, 0.5) is 5.69 Å². The molecule has 4 aromatic rings. The SMILES string of the molecule is CN(C(=O)c1cccc2cn[nH]c12)c1ccc(Oc2ccccc2)cc1. The molecule has 5 heteroatoms. The smallest absolute Gasteiger partial charge is 0.260 e. The normalized spacial score (nSPS) is 10.7. The molecule has 1 N–H and O–H groups in total. The van der Waals surface area contributed by atoms with E-state index in [2.05, 4.69) is 10.2 Å². The van der Waals surface area contributed by atoms with Crippen LogP contribution < -0.4 is 9.64 Å². The second-order valence-electron chi connectivity index (χ2n) is 5.91. The van der Waals surface area contributed by atoms with Gasteiger partial charge in [-0.1, -0.05) is 30.3 Å². The van der Waals surface area contributed by atoms with Crippen molar-refractivity contribution >= 4 is 22.5 Å². The Bertz CT molecular complexity index is 1040. The Morgan fingerprint density at radius 3 is 2.42 bits per heavy atom. The van der Waals surface area contributed by atoms with Gasteiger partial charge < -0.3 is 9.64 Å². The number of carbonyl (C=O) groups is 1. The van der Waals surface area contributed by atoms with E-state index in [1.807, 2.05) is 66.7 Å². The summed E-state index contributed by atoms with van der Waals surface area (Å²) in [4.78, 5) is 14.5. The molecule has 0 aliphatic rings.